The van der Waals surface area contributed by atoms with E-state index >= 15 is 0 Å². The molecule has 7 nitrogen and oxygen atoms in total. The minimum absolute atomic E-state index is 0.0418. The molecule has 0 saturated carbocycles. The molecule has 0 N–H and O–H groups in total. The molecule has 0 aliphatic carbocycles. The standard InChI is InChI=1S/C21H27N3O4S/c1-15(2)24-13-19(17-5-3-4-6-18(17)21(24)26)20(25)23-10-8-22(9-11-23)16-7-12-29(27,28)14-16/h3-6,13,15-16H,7-12,14H2,1-2H3. The molecule has 1 aromatic carbocycles. The van der Waals surface area contributed by atoms with Crippen LogP contribution in [-0.2, 0) is 9.84 Å². The Labute approximate surface area is 170 Å². The van der Waals surface area contributed by atoms with E-state index < -0.39 is 9.84 Å². The van der Waals surface area contributed by atoms with Gasteiger partial charge in [0.15, 0.2) is 9.84 Å². The monoisotopic (exact) mass is 417 g/mol. The summed E-state index contributed by atoms with van der Waals surface area (Å²) >= 11 is 0. The lowest BCUT2D eigenvalue weighted by Crippen LogP contribution is -2.52. The summed E-state index contributed by atoms with van der Waals surface area (Å²) < 4.78 is 25.1. The second-order valence-electron chi connectivity index (χ2n) is 8.28. The maximum Gasteiger partial charge on any atom is 0.258 e. The number of nitrogens with zero attached hydrogens (tertiary/aromatic N) is 3. The second-order valence-corrected chi connectivity index (χ2v) is 10.5. The average Bonchev–Trinajstić information content (AvgIpc) is 3.07. The molecule has 2 saturated heterocycles. The zero-order chi connectivity index (χ0) is 20.8. The van der Waals surface area contributed by atoms with E-state index in [0.29, 0.717) is 48.9 Å². The van der Waals surface area contributed by atoms with Gasteiger partial charge >= 0.3 is 0 Å². The highest BCUT2D eigenvalue weighted by atomic mass is 32.2. The highest BCUT2D eigenvalue weighted by Gasteiger charge is 2.34. The summed E-state index contributed by atoms with van der Waals surface area (Å²) in [6, 6.07) is 7.29. The predicted molar refractivity (Wildman–Crippen MR) is 113 cm³/mol. The highest BCUT2D eigenvalue weighted by Crippen LogP contribution is 2.22. The molecular weight excluding hydrogens is 390 g/mol. The number of carbonyl (C=O) groups excluding carboxylic acids is 1. The van der Waals surface area contributed by atoms with Gasteiger partial charge in [-0.3, -0.25) is 14.5 Å². The molecule has 2 aromatic rings. The average molecular weight is 418 g/mol. The van der Waals surface area contributed by atoms with Crippen LogP contribution in [0, 0.1) is 0 Å². The quantitative estimate of drug-likeness (QED) is 0.757. The van der Waals surface area contributed by atoms with E-state index in [0.717, 1.165) is 0 Å². The Morgan fingerprint density at radius 2 is 1.72 bits per heavy atom. The van der Waals surface area contributed by atoms with Gasteiger partial charge in [0.1, 0.15) is 0 Å². The van der Waals surface area contributed by atoms with Crippen LogP contribution in [0.3, 0.4) is 0 Å². The van der Waals surface area contributed by atoms with Crippen molar-refractivity contribution in [3.05, 3.63) is 46.4 Å². The largest absolute Gasteiger partial charge is 0.336 e. The van der Waals surface area contributed by atoms with Gasteiger partial charge in [-0.1, -0.05) is 18.2 Å². The van der Waals surface area contributed by atoms with Crippen molar-refractivity contribution in [2.24, 2.45) is 0 Å². The van der Waals surface area contributed by atoms with Gasteiger partial charge in [0.25, 0.3) is 11.5 Å². The van der Waals surface area contributed by atoms with E-state index in [1.54, 1.807) is 16.8 Å². The second kappa shape index (κ2) is 7.57. The minimum atomic E-state index is -2.91. The topological polar surface area (TPSA) is 79.7 Å². The maximum absolute atomic E-state index is 13.3. The Balaban J connectivity index is 1.57. The molecule has 8 heteroatoms. The number of pyridine rings is 1. The van der Waals surface area contributed by atoms with Gasteiger partial charge in [-0.2, -0.15) is 0 Å². The lowest BCUT2D eigenvalue weighted by atomic mass is 10.1. The first kappa shape index (κ1) is 20.1. The Morgan fingerprint density at radius 1 is 1.07 bits per heavy atom. The summed E-state index contributed by atoms with van der Waals surface area (Å²) in [5, 5.41) is 1.24. The summed E-state index contributed by atoms with van der Waals surface area (Å²) in [7, 11) is -2.91. The smallest absolute Gasteiger partial charge is 0.258 e. The Hall–Kier alpha value is -2.19. The number of amides is 1. The van der Waals surface area contributed by atoms with Crippen molar-refractivity contribution in [2.75, 3.05) is 37.7 Å². The van der Waals surface area contributed by atoms with Gasteiger partial charge in [-0.15, -0.1) is 0 Å². The number of hydrogen-bond acceptors (Lipinski definition) is 5. The van der Waals surface area contributed by atoms with E-state index in [1.807, 2.05) is 36.9 Å². The zero-order valence-electron chi connectivity index (χ0n) is 16.9. The van der Waals surface area contributed by atoms with Gasteiger partial charge in [0.2, 0.25) is 0 Å². The molecule has 4 rings (SSSR count). The Kier molecular flexibility index (Phi) is 5.25. The molecule has 2 fully saturated rings. The third-order valence-electron chi connectivity index (χ3n) is 6.06. The molecule has 1 unspecified atom stereocenters. The van der Waals surface area contributed by atoms with E-state index in [-0.39, 0.29) is 35.1 Å². The van der Waals surface area contributed by atoms with Crippen LogP contribution < -0.4 is 5.56 Å². The molecule has 1 amide bonds. The molecule has 2 aliphatic rings. The maximum atomic E-state index is 13.3. The summed E-state index contributed by atoms with van der Waals surface area (Å²) in [5.41, 5.74) is 0.463. The fourth-order valence-corrected chi connectivity index (χ4v) is 6.15. The number of aromatic nitrogens is 1. The van der Waals surface area contributed by atoms with Gasteiger partial charge in [0.05, 0.1) is 17.1 Å². The minimum Gasteiger partial charge on any atom is -0.336 e. The molecule has 2 aliphatic heterocycles. The summed E-state index contributed by atoms with van der Waals surface area (Å²) in [6.07, 6.45) is 2.37. The lowest BCUT2D eigenvalue weighted by Gasteiger charge is -2.37. The summed E-state index contributed by atoms with van der Waals surface area (Å²) in [4.78, 5) is 30.1. The van der Waals surface area contributed by atoms with Gasteiger partial charge in [0, 0.05) is 55.2 Å². The number of sulfone groups is 1. The van der Waals surface area contributed by atoms with Gasteiger partial charge in [-0.25, -0.2) is 8.42 Å². The van der Waals surface area contributed by atoms with Crippen molar-refractivity contribution in [1.82, 2.24) is 14.4 Å². The van der Waals surface area contributed by atoms with Gasteiger partial charge < -0.3 is 9.47 Å². The number of carbonyl (C=O) groups is 1. The van der Waals surface area contributed by atoms with Crippen molar-refractivity contribution in [2.45, 2.75) is 32.4 Å². The fraction of sp³-hybridized carbons (Fsp3) is 0.524. The number of benzene rings is 1. The molecule has 0 bridgehead atoms. The third-order valence-corrected chi connectivity index (χ3v) is 7.81. The van der Waals surface area contributed by atoms with Crippen molar-refractivity contribution in [1.29, 1.82) is 0 Å². The molecule has 156 valence electrons. The van der Waals surface area contributed by atoms with Crippen LogP contribution in [0.5, 0.6) is 0 Å². The lowest BCUT2D eigenvalue weighted by molar-refractivity contribution is 0.0589. The zero-order valence-corrected chi connectivity index (χ0v) is 17.7. The fourth-order valence-electron chi connectivity index (χ4n) is 4.39. The molecule has 3 heterocycles. The van der Waals surface area contributed by atoms with Gasteiger partial charge in [-0.05, 0) is 26.3 Å². The van der Waals surface area contributed by atoms with Crippen LogP contribution in [0.15, 0.2) is 35.3 Å². The third kappa shape index (κ3) is 3.83. The van der Waals surface area contributed by atoms with Crippen LogP contribution in [-0.4, -0.2) is 72.4 Å². The molecule has 0 spiro atoms. The normalized spacial score (nSPS) is 22.4. The summed E-state index contributed by atoms with van der Waals surface area (Å²) in [5.74, 6) is 0.416. The van der Waals surface area contributed by atoms with Crippen molar-refractivity contribution >= 4 is 26.5 Å². The molecule has 1 atom stereocenters. The molecule has 29 heavy (non-hydrogen) atoms. The first-order valence-electron chi connectivity index (χ1n) is 10.1. The number of piperazine rings is 1. The number of hydrogen-bond donors (Lipinski definition) is 0. The Morgan fingerprint density at radius 3 is 2.31 bits per heavy atom. The highest BCUT2D eigenvalue weighted by molar-refractivity contribution is 7.91. The Bertz CT molecular complexity index is 1100. The van der Waals surface area contributed by atoms with Crippen LogP contribution >= 0.6 is 0 Å². The SMILES string of the molecule is CC(C)n1cc(C(=O)N2CCN(C3CCS(=O)(=O)C3)CC2)c2ccccc2c1=O. The van der Waals surface area contributed by atoms with E-state index in [1.165, 1.54) is 0 Å². The van der Waals surface area contributed by atoms with E-state index in [4.69, 9.17) is 0 Å². The number of fused-ring (bicyclic) bond motifs is 1. The van der Waals surface area contributed by atoms with Crippen molar-refractivity contribution in [3.63, 3.8) is 0 Å². The first-order chi connectivity index (χ1) is 13.8. The van der Waals surface area contributed by atoms with E-state index in [2.05, 4.69) is 4.90 Å². The van der Waals surface area contributed by atoms with Crippen molar-refractivity contribution < 1.29 is 13.2 Å². The molecule has 0 radical (unpaired) electrons. The molecular formula is C21H27N3O4S. The van der Waals surface area contributed by atoms with Crippen LogP contribution in [0.1, 0.15) is 36.7 Å². The van der Waals surface area contributed by atoms with Crippen molar-refractivity contribution in [3.8, 4) is 0 Å². The first-order valence-corrected chi connectivity index (χ1v) is 12.0. The molecule has 1 aromatic heterocycles. The summed E-state index contributed by atoms with van der Waals surface area (Å²) in [6.45, 7) is 6.33. The van der Waals surface area contributed by atoms with Crippen LogP contribution in [0.4, 0.5) is 0 Å². The predicted octanol–water partition coefficient (Wildman–Crippen LogP) is 1.53. The van der Waals surface area contributed by atoms with E-state index in [9.17, 15) is 18.0 Å². The number of rotatable bonds is 3. The van der Waals surface area contributed by atoms with Crippen LogP contribution in [0.2, 0.25) is 0 Å². The van der Waals surface area contributed by atoms with Crippen LogP contribution in [0.25, 0.3) is 10.8 Å².